The molecule has 1 aromatic carbocycles. The van der Waals surface area contributed by atoms with Gasteiger partial charge in [-0.25, -0.2) is 4.98 Å². The van der Waals surface area contributed by atoms with E-state index in [4.69, 9.17) is 4.74 Å². The van der Waals surface area contributed by atoms with Gasteiger partial charge in [0.2, 0.25) is 5.91 Å². The van der Waals surface area contributed by atoms with Crippen LogP contribution >= 0.6 is 11.3 Å². The number of ether oxygens (including phenoxy) is 1. The van der Waals surface area contributed by atoms with Gasteiger partial charge in [0.05, 0.1) is 11.8 Å². The number of anilines is 2. The lowest BCUT2D eigenvalue weighted by Crippen LogP contribution is -2.18. The molecule has 1 fully saturated rings. The first kappa shape index (κ1) is 14.7. The van der Waals surface area contributed by atoms with E-state index in [1.807, 2.05) is 12.1 Å². The summed E-state index contributed by atoms with van der Waals surface area (Å²) < 4.78 is 5.62. The maximum Gasteiger partial charge on any atom is 0.224 e. The fraction of sp³-hybridized carbons (Fsp3) is 0.412. The van der Waals surface area contributed by atoms with E-state index in [1.165, 1.54) is 5.56 Å². The van der Waals surface area contributed by atoms with Crippen molar-refractivity contribution in [3.05, 3.63) is 29.1 Å². The van der Waals surface area contributed by atoms with Crippen LogP contribution in [-0.4, -0.2) is 30.1 Å². The van der Waals surface area contributed by atoms with Crippen LogP contribution in [0.3, 0.4) is 0 Å². The summed E-state index contributed by atoms with van der Waals surface area (Å²) in [6.45, 7) is 1.70. The number of hydrogen-bond donors (Lipinski definition) is 2. The van der Waals surface area contributed by atoms with Crippen LogP contribution in [0.15, 0.2) is 23.6 Å². The van der Waals surface area contributed by atoms with Crippen LogP contribution in [0.5, 0.6) is 0 Å². The number of thiazole rings is 1. The molecule has 120 valence electrons. The number of nitrogens with zero attached hydrogens (tertiary/aromatic N) is 1. The zero-order valence-corrected chi connectivity index (χ0v) is 13.6. The van der Waals surface area contributed by atoms with Gasteiger partial charge >= 0.3 is 0 Å². The summed E-state index contributed by atoms with van der Waals surface area (Å²) in [5, 5.41) is 9.28. The van der Waals surface area contributed by atoms with Gasteiger partial charge < -0.3 is 15.4 Å². The lowest BCUT2D eigenvalue weighted by atomic mass is 9.99. The highest BCUT2D eigenvalue weighted by Crippen LogP contribution is 2.30. The van der Waals surface area contributed by atoms with E-state index >= 15 is 0 Å². The number of hydrogen-bond acceptors (Lipinski definition) is 5. The molecule has 0 spiro atoms. The minimum atomic E-state index is 0.0968. The van der Waals surface area contributed by atoms with Crippen LogP contribution < -0.4 is 10.6 Å². The quantitative estimate of drug-likeness (QED) is 0.903. The number of rotatable bonds is 4. The molecule has 3 heterocycles. The predicted molar refractivity (Wildman–Crippen MR) is 92.0 cm³/mol. The van der Waals surface area contributed by atoms with Crippen molar-refractivity contribution in [1.29, 1.82) is 0 Å². The third kappa shape index (κ3) is 3.23. The molecule has 2 N–H and O–H groups in total. The van der Waals surface area contributed by atoms with Crippen molar-refractivity contribution < 1.29 is 9.53 Å². The number of benzene rings is 1. The number of amides is 1. The second-order valence-electron chi connectivity index (χ2n) is 5.97. The average Bonchev–Trinajstić information content (AvgIpc) is 3.24. The summed E-state index contributed by atoms with van der Waals surface area (Å²) in [6, 6.07) is 6.12. The first-order valence-corrected chi connectivity index (χ1v) is 8.90. The summed E-state index contributed by atoms with van der Waals surface area (Å²) in [6.07, 6.45) is 3.95. The number of aryl methyl sites for hydroxylation is 1. The number of carbonyl (C=O) groups excluding carboxylic acids is 1. The number of nitrogens with one attached hydrogen (secondary N) is 2. The minimum absolute atomic E-state index is 0.0968. The van der Waals surface area contributed by atoms with Gasteiger partial charge in [0, 0.05) is 36.2 Å². The topological polar surface area (TPSA) is 63.2 Å². The Morgan fingerprint density at radius 1 is 1.39 bits per heavy atom. The molecular formula is C17H19N3O2S. The molecule has 23 heavy (non-hydrogen) atoms. The Hall–Kier alpha value is -1.92. The monoisotopic (exact) mass is 329 g/mol. The molecule has 1 saturated heterocycles. The fourth-order valence-corrected chi connectivity index (χ4v) is 3.77. The van der Waals surface area contributed by atoms with Gasteiger partial charge in [-0.15, -0.1) is 11.3 Å². The van der Waals surface area contributed by atoms with Crippen molar-refractivity contribution in [2.45, 2.75) is 31.8 Å². The molecular weight excluding hydrogens is 310 g/mol. The van der Waals surface area contributed by atoms with Crippen molar-refractivity contribution in [2.24, 2.45) is 0 Å². The molecule has 0 saturated carbocycles. The van der Waals surface area contributed by atoms with Crippen LogP contribution in [0.2, 0.25) is 0 Å². The molecule has 1 unspecified atom stereocenters. The second kappa shape index (κ2) is 6.29. The highest BCUT2D eigenvalue weighted by Gasteiger charge is 2.17. The number of fused-ring (bicyclic) bond motifs is 1. The molecule has 0 bridgehead atoms. The molecule has 2 aliphatic rings. The van der Waals surface area contributed by atoms with Crippen molar-refractivity contribution in [3.8, 4) is 11.3 Å². The molecule has 1 amide bonds. The maximum atomic E-state index is 11.4. The van der Waals surface area contributed by atoms with E-state index in [0.29, 0.717) is 12.5 Å². The van der Waals surface area contributed by atoms with Gasteiger partial charge in [0.15, 0.2) is 5.13 Å². The van der Waals surface area contributed by atoms with Gasteiger partial charge in [0.1, 0.15) is 0 Å². The standard InChI is InChI=1S/C17H19N3O2S/c21-16-6-4-11-8-12(3-5-14(11)19-16)15-10-23-17(20-15)18-9-13-2-1-7-22-13/h3,5,8,10,13H,1-2,4,6-7,9H2,(H,18,20)(H,19,21). The minimum Gasteiger partial charge on any atom is -0.376 e. The van der Waals surface area contributed by atoms with Crippen LogP contribution in [0.1, 0.15) is 24.8 Å². The third-order valence-corrected chi connectivity index (χ3v) is 5.11. The van der Waals surface area contributed by atoms with Gasteiger partial charge in [-0.05, 0) is 37.0 Å². The van der Waals surface area contributed by atoms with Gasteiger partial charge in [-0.2, -0.15) is 0 Å². The van der Waals surface area contributed by atoms with E-state index in [2.05, 4.69) is 27.1 Å². The molecule has 4 rings (SSSR count). The summed E-state index contributed by atoms with van der Waals surface area (Å²) in [7, 11) is 0. The number of aromatic nitrogens is 1. The Labute approximate surface area is 139 Å². The lowest BCUT2D eigenvalue weighted by molar-refractivity contribution is -0.116. The van der Waals surface area contributed by atoms with Crippen molar-refractivity contribution >= 4 is 28.1 Å². The molecule has 5 nitrogen and oxygen atoms in total. The normalized spacial score (nSPS) is 20.2. The van der Waals surface area contributed by atoms with Crippen molar-refractivity contribution in [3.63, 3.8) is 0 Å². The molecule has 1 atom stereocenters. The molecule has 2 aliphatic heterocycles. The average molecular weight is 329 g/mol. The van der Waals surface area contributed by atoms with Gasteiger partial charge in [-0.3, -0.25) is 4.79 Å². The van der Waals surface area contributed by atoms with Gasteiger partial charge in [0.25, 0.3) is 0 Å². The predicted octanol–water partition coefficient (Wildman–Crippen LogP) is 3.29. The largest absolute Gasteiger partial charge is 0.376 e. The Kier molecular flexibility index (Phi) is 4.01. The van der Waals surface area contributed by atoms with Gasteiger partial charge in [-0.1, -0.05) is 6.07 Å². The van der Waals surface area contributed by atoms with E-state index in [-0.39, 0.29) is 5.91 Å². The molecule has 6 heteroatoms. The summed E-state index contributed by atoms with van der Waals surface area (Å²) >= 11 is 1.62. The van der Waals surface area contributed by atoms with Crippen molar-refractivity contribution in [2.75, 3.05) is 23.8 Å². The third-order valence-electron chi connectivity index (χ3n) is 4.31. The SMILES string of the molecule is O=C1CCc2cc(-c3csc(NCC4CCCO4)n3)ccc2N1. The molecule has 0 aliphatic carbocycles. The van der Waals surface area contributed by atoms with Crippen LogP contribution in [0.25, 0.3) is 11.3 Å². The Bertz CT molecular complexity index is 722. The zero-order valence-electron chi connectivity index (χ0n) is 12.8. The summed E-state index contributed by atoms with van der Waals surface area (Å²) in [5.74, 6) is 0.0968. The fourth-order valence-electron chi connectivity index (χ4n) is 3.04. The second-order valence-corrected chi connectivity index (χ2v) is 6.83. The summed E-state index contributed by atoms with van der Waals surface area (Å²) in [4.78, 5) is 16.1. The first-order valence-electron chi connectivity index (χ1n) is 8.02. The Morgan fingerprint density at radius 3 is 3.22 bits per heavy atom. The zero-order chi connectivity index (χ0) is 15.6. The van der Waals surface area contributed by atoms with E-state index in [1.54, 1.807) is 11.3 Å². The highest BCUT2D eigenvalue weighted by molar-refractivity contribution is 7.14. The first-order chi connectivity index (χ1) is 11.3. The number of carbonyl (C=O) groups is 1. The van der Waals surface area contributed by atoms with E-state index < -0.39 is 0 Å². The van der Waals surface area contributed by atoms with Crippen molar-refractivity contribution in [1.82, 2.24) is 4.98 Å². The molecule has 1 aromatic heterocycles. The molecule has 2 aromatic rings. The molecule has 0 radical (unpaired) electrons. The lowest BCUT2D eigenvalue weighted by Gasteiger charge is -2.17. The Morgan fingerprint density at radius 2 is 2.35 bits per heavy atom. The maximum absolute atomic E-state index is 11.4. The van der Waals surface area contributed by atoms with E-state index in [0.717, 1.165) is 54.5 Å². The van der Waals surface area contributed by atoms with E-state index in [9.17, 15) is 4.79 Å². The van der Waals surface area contributed by atoms with Crippen LogP contribution in [0, 0.1) is 0 Å². The Balaban J connectivity index is 1.47. The van der Waals surface area contributed by atoms with Crippen LogP contribution in [-0.2, 0) is 16.0 Å². The smallest absolute Gasteiger partial charge is 0.224 e. The highest BCUT2D eigenvalue weighted by atomic mass is 32.1. The summed E-state index contributed by atoms with van der Waals surface area (Å²) in [5.41, 5.74) is 4.19. The van der Waals surface area contributed by atoms with Crippen LogP contribution in [0.4, 0.5) is 10.8 Å².